The molecule has 1 amide bonds. The van der Waals surface area contributed by atoms with E-state index >= 15 is 0 Å². The molecule has 1 aliphatic heterocycles. The number of ether oxygens (including phenoxy) is 1. The standard InChI is InChI=1S/C26H20Cl2N2O5/c1-14(2)35-26(34)15-6-9-17(10-7-15)30-22(20-5-3-4-12-29-20)21(24(32)25(30)33)23(31)16-8-11-18(27)19(28)13-16/h3-14,22,31H,1-2H3/b23-21-. The first-order valence-corrected chi connectivity index (χ1v) is 11.4. The predicted molar refractivity (Wildman–Crippen MR) is 132 cm³/mol. The molecule has 2 heterocycles. The number of aromatic nitrogens is 1. The van der Waals surface area contributed by atoms with Gasteiger partial charge in [0.2, 0.25) is 0 Å². The summed E-state index contributed by atoms with van der Waals surface area (Å²) >= 11 is 12.1. The van der Waals surface area contributed by atoms with Gasteiger partial charge in [-0.15, -0.1) is 0 Å². The average molecular weight is 511 g/mol. The van der Waals surface area contributed by atoms with Crippen molar-refractivity contribution in [3.05, 3.63) is 99.3 Å². The van der Waals surface area contributed by atoms with Crippen molar-refractivity contribution in [2.24, 2.45) is 0 Å². The largest absolute Gasteiger partial charge is 0.507 e. The molecule has 1 saturated heterocycles. The number of nitrogens with zero attached hydrogens (tertiary/aromatic N) is 2. The molecule has 7 nitrogen and oxygen atoms in total. The van der Waals surface area contributed by atoms with Crippen LogP contribution in [-0.2, 0) is 14.3 Å². The van der Waals surface area contributed by atoms with Gasteiger partial charge in [0.1, 0.15) is 11.8 Å². The summed E-state index contributed by atoms with van der Waals surface area (Å²) in [6.07, 6.45) is 1.24. The molecule has 1 atom stereocenters. The Morgan fingerprint density at radius 3 is 2.29 bits per heavy atom. The number of esters is 1. The monoisotopic (exact) mass is 510 g/mol. The first-order chi connectivity index (χ1) is 16.7. The number of carbonyl (C=O) groups excluding carboxylic acids is 3. The second-order valence-electron chi connectivity index (χ2n) is 8.05. The van der Waals surface area contributed by atoms with Crippen LogP contribution >= 0.6 is 23.2 Å². The van der Waals surface area contributed by atoms with E-state index in [-0.39, 0.29) is 27.3 Å². The van der Waals surface area contributed by atoms with Crippen LogP contribution in [0, 0.1) is 0 Å². The van der Waals surface area contributed by atoms with Gasteiger partial charge in [-0.1, -0.05) is 29.3 Å². The van der Waals surface area contributed by atoms with Crippen LogP contribution < -0.4 is 4.90 Å². The average Bonchev–Trinajstić information content (AvgIpc) is 3.11. The maximum atomic E-state index is 13.2. The summed E-state index contributed by atoms with van der Waals surface area (Å²) in [6, 6.07) is 14.5. The highest BCUT2D eigenvalue weighted by molar-refractivity contribution is 6.51. The molecule has 0 aliphatic carbocycles. The zero-order valence-electron chi connectivity index (χ0n) is 18.7. The molecule has 0 bridgehead atoms. The lowest BCUT2D eigenvalue weighted by atomic mass is 9.98. The van der Waals surface area contributed by atoms with Gasteiger partial charge < -0.3 is 9.84 Å². The Balaban J connectivity index is 1.83. The second kappa shape index (κ2) is 9.90. The number of aliphatic hydroxyl groups is 1. The third-order valence-corrected chi connectivity index (χ3v) is 6.07. The van der Waals surface area contributed by atoms with Gasteiger partial charge in [0.05, 0.1) is 33.0 Å². The number of benzene rings is 2. The molecule has 1 aromatic heterocycles. The highest BCUT2D eigenvalue weighted by Gasteiger charge is 2.47. The molecule has 9 heteroatoms. The Morgan fingerprint density at radius 2 is 1.69 bits per heavy atom. The van der Waals surface area contributed by atoms with E-state index < -0.39 is 29.5 Å². The summed E-state index contributed by atoms with van der Waals surface area (Å²) < 4.78 is 5.20. The number of Topliss-reactive ketones (excluding diaryl/α,β-unsaturated/α-hetero) is 1. The van der Waals surface area contributed by atoms with E-state index in [0.717, 1.165) is 0 Å². The quantitative estimate of drug-likeness (QED) is 0.208. The van der Waals surface area contributed by atoms with Crippen LogP contribution in [0.15, 0.2) is 72.4 Å². The van der Waals surface area contributed by atoms with Crippen LogP contribution in [0.4, 0.5) is 5.69 Å². The molecule has 35 heavy (non-hydrogen) atoms. The van der Waals surface area contributed by atoms with Gasteiger partial charge in [-0.2, -0.15) is 0 Å². The fourth-order valence-electron chi connectivity index (χ4n) is 3.76. The molecule has 0 radical (unpaired) electrons. The van der Waals surface area contributed by atoms with Gasteiger partial charge in [0, 0.05) is 17.4 Å². The molecule has 1 N–H and O–H groups in total. The summed E-state index contributed by atoms with van der Waals surface area (Å²) in [7, 11) is 0. The zero-order valence-corrected chi connectivity index (χ0v) is 20.2. The molecule has 178 valence electrons. The number of aliphatic hydroxyl groups excluding tert-OH is 1. The highest BCUT2D eigenvalue weighted by Crippen LogP contribution is 2.42. The molecule has 1 unspecified atom stereocenters. The van der Waals surface area contributed by atoms with Crippen molar-refractivity contribution in [3.63, 3.8) is 0 Å². The number of pyridine rings is 1. The van der Waals surface area contributed by atoms with Gasteiger partial charge in [0.25, 0.3) is 11.7 Å². The minimum absolute atomic E-state index is 0.143. The Hall–Kier alpha value is -3.68. The molecule has 2 aromatic carbocycles. The number of anilines is 1. The Bertz CT molecular complexity index is 1340. The molecule has 0 spiro atoms. The SMILES string of the molecule is CC(C)OC(=O)c1ccc(N2C(=O)C(=O)/C(=C(\O)c3ccc(Cl)c(Cl)c3)C2c2ccccn2)cc1. The van der Waals surface area contributed by atoms with Gasteiger partial charge in [-0.25, -0.2) is 4.79 Å². The van der Waals surface area contributed by atoms with Crippen molar-refractivity contribution in [3.8, 4) is 0 Å². The van der Waals surface area contributed by atoms with E-state index in [1.54, 1.807) is 32.0 Å². The summed E-state index contributed by atoms with van der Waals surface area (Å²) in [4.78, 5) is 44.1. The lowest BCUT2D eigenvalue weighted by molar-refractivity contribution is -0.132. The van der Waals surface area contributed by atoms with Crippen LogP contribution in [-0.4, -0.2) is 33.9 Å². The van der Waals surface area contributed by atoms with Crippen LogP contribution in [0.25, 0.3) is 5.76 Å². The van der Waals surface area contributed by atoms with E-state index in [1.165, 1.54) is 53.6 Å². The Kier molecular flexibility index (Phi) is 6.91. The van der Waals surface area contributed by atoms with Gasteiger partial charge >= 0.3 is 5.97 Å². The molecule has 0 saturated carbocycles. The van der Waals surface area contributed by atoms with Crippen LogP contribution in [0.2, 0.25) is 10.0 Å². The van der Waals surface area contributed by atoms with Crippen molar-refractivity contribution in [1.82, 2.24) is 4.98 Å². The van der Waals surface area contributed by atoms with E-state index in [9.17, 15) is 19.5 Å². The molecule has 3 aromatic rings. The van der Waals surface area contributed by atoms with Gasteiger partial charge in [0.15, 0.2) is 0 Å². The number of hydrogen-bond acceptors (Lipinski definition) is 6. The second-order valence-corrected chi connectivity index (χ2v) is 8.87. The molecular formula is C26H20Cl2N2O5. The maximum Gasteiger partial charge on any atom is 0.338 e. The minimum atomic E-state index is -1.01. The third kappa shape index (κ3) is 4.78. The van der Waals surface area contributed by atoms with Crippen LogP contribution in [0.3, 0.4) is 0 Å². The Morgan fingerprint density at radius 1 is 1.00 bits per heavy atom. The zero-order chi connectivity index (χ0) is 25.3. The lowest BCUT2D eigenvalue weighted by Gasteiger charge is -2.24. The first-order valence-electron chi connectivity index (χ1n) is 10.7. The molecule has 1 aliphatic rings. The minimum Gasteiger partial charge on any atom is -0.507 e. The van der Waals surface area contributed by atoms with Gasteiger partial charge in [-0.05, 0) is 68.4 Å². The van der Waals surface area contributed by atoms with Crippen molar-refractivity contribution in [2.75, 3.05) is 4.90 Å². The molecule has 4 rings (SSSR count). The van der Waals surface area contributed by atoms with E-state index in [4.69, 9.17) is 27.9 Å². The number of rotatable bonds is 5. The van der Waals surface area contributed by atoms with E-state index in [2.05, 4.69) is 4.98 Å². The lowest BCUT2D eigenvalue weighted by Crippen LogP contribution is -2.29. The van der Waals surface area contributed by atoms with Crippen molar-refractivity contribution < 1.29 is 24.2 Å². The normalized spacial score (nSPS) is 17.2. The fourth-order valence-corrected chi connectivity index (χ4v) is 4.05. The summed E-state index contributed by atoms with van der Waals surface area (Å²) in [5.41, 5.74) is 1.10. The fraction of sp³-hybridized carbons (Fsp3) is 0.154. The predicted octanol–water partition coefficient (Wildman–Crippen LogP) is 5.58. The Labute approximate surface area is 211 Å². The number of halogens is 2. The first kappa shape index (κ1) is 24.4. The number of hydrogen-bond donors (Lipinski definition) is 1. The van der Waals surface area contributed by atoms with Gasteiger partial charge in [-0.3, -0.25) is 19.5 Å². The maximum absolute atomic E-state index is 13.2. The summed E-state index contributed by atoms with van der Waals surface area (Å²) in [5, 5.41) is 11.6. The molecular weight excluding hydrogens is 491 g/mol. The summed E-state index contributed by atoms with van der Waals surface area (Å²) in [5.74, 6) is -2.64. The van der Waals surface area contributed by atoms with Crippen molar-refractivity contribution >= 4 is 52.3 Å². The number of amides is 1. The van der Waals surface area contributed by atoms with Crippen molar-refractivity contribution in [2.45, 2.75) is 26.0 Å². The van der Waals surface area contributed by atoms with E-state index in [0.29, 0.717) is 16.9 Å². The topological polar surface area (TPSA) is 96.8 Å². The number of ketones is 1. The van der Waals surface area contributed by atoms with Crippen LogP contribution in [0.1, 0.15) is 41.5 Å². The van der Waals surface area contributed by atoms with E-state index in [1.807, 2.05) is 0 Å². The smallest absolute Gasteiger partial charge is 0.338 e. The van der Waals surface area contributed by atoms with Crippen molar-refractivity contribution in [1.29, 1.82) is 0 Å². The highest BCUT2D eigenvalue weighted by atomic mass is 35.5. The van der Waals surface area contributed by atoms with Crippen LogP contribution in [0.5, 0.6) is 0 Å². The molecule has 1 fully saturated rings. The third-order valence-electron chi connectivity index (χ3n) is 5.33. The summed E-state index contributed by atoms with van der Waals surface area (Å²) in [6.45, 7) is 3.49. The number of carbonyl (C=O) groups is 3.